The Balaban J connectivity index is 2.32. The predicted octanol–water partition coefficient (Wildman–Crippen LogP) is 1.15. The van der Waals surface area contributed by atoms with Crippen molar-refractivity contribution in [1.82, 2.24) is 9.88 Å². The lowest BCUT2D eigenvalue weighted by molar-refractivity contribution is -0.130. The van der Waals surface area contributed by atoms with E-state index >= 15 is 0 Å². The number of aromatic nitrogens is 1. The summed E-state index contributed by atoms with van der Waals surface area (Å²) in [6, 6.07) is 0.114. The normalized spacial score (nSPS) is 26.7. The molecule has 0 unspecified atom stereocenters. The molecule has 1 fully saturated rings. The molecular weight excluding hydrogens is 210 g/mol. The van der Waals surface area contributed by atoms with Gasteiger partial charge in [-0.2, -0.15) is 0 Å². The molecule has 5 heteroatoms. The van der Waals surface area contributed by atoms with Crippen molar-refractivity contribution in [1.29, 1.82) is 0 Å². The molecule has 15 heavy (non-hydrogen) atoms. The third kappa shape index (κ3) is 1.77. The van der Waals surface area contributed by atoms with Crippen molar-refractivity contribution in [3.05, 3.63) is 16.6 Å². The Morgan fingerprint density at radius 1 is 1.67 bits per heavy atom. The first-order chi connectivity index (χ1) is 7.11. The van der Waals surface area contributed by atoms with Crippen LogP contribution in [0.15, 0.2) is 11.7 Å². The number of carbonyl (C=O) groups excluding carboxylic acids is 1. The predicted molar refractivity (Wildman–Crippen MR) is 59.4 cm³/mol. The van der Waals surface area contributed by atoms with Gasteiger partial charge in [0.05, 0.1) is 11.6 Å². The molecule has 0 spiro atoms. The Hall–Kier alpha value is -0.940. The molecule has 2 rings (SSSR count). The fraction of sp³-hybridized carbons (Fsp3) is 0.600. The van der Waals surface area contributed by atoms with Crippen LogP contribution < -0.4 is 5.73 Å². The number of amides is 1. The number of hydrogen-bond donors (Lipinski definition) is 1. The van der Waals surface area contributed by atoms with Crippen LogP contribution in [0.1, 0.15) is 31.2 Å². The van der Waals surface area contributed by atoms with Crippen molar-refractivity contribution in [3.8, 4) is 0 Å². The molecule has 0 radical (unpaired) electrons. The van der Waals surface area contributed by atoms with Crippen LogP contribution in [0.25, 0.3) is 0 Å². The smallest absolute Gasteiger partial charge is 0.225 e. The molecule has 1 saturated heterocycles. The van der Waals surface area contributed by atoms with E-state index in [0.29, 0.717) is 6.42 Å². The van der Waals surface area contributed by atoms with E-state index in [0.717, 1.165) is 4.88 Å². The summed E-state index contributed by atoms with van der Waals surface area (Å²) < 4.78 is 0. The summed E-state index contributed by atoms with van der Waals surface area (Å²) in [5, 5.41) is 0. The van der Waals surface area contributed by atoms with Crippen molar-refractivity contribution >= 4 is 17.2 Å². The molecule has 1 aliphatic rings. The summed E-state index contributed by atoms with van der Waals surface area (Å²) in [5.74, 6) is 0.149. The molecule has 1 amide bonds. The van der Waals surface area contributed by atoms with Gasteiger partial charge in [0.15, 0.2) is 0 Å². The molecular formula is C10H15N3OS. The van der Waals surface area contributed by atoms with Gasteiger partial charge in [-0.15, -0.1) is 11.3 Å². The summed E-state index contributed by atoms with van der Waals surface area (Å²) in [6.45, 7) is 4.04. The van der Waals surface area contributed by atoms with E-state index in [2.05, 4.69) is 4.98 Å². The van der Waals surface area contributed by atoms with Gasteiger partial charge in [0.1, 0.15) is 0 Å². The second kappa shape index (κ2) is 3.90. The number of nitrogens with zero attached hydrogens (tertiary/aromatic N) is 2. The van der Waals surface area contributed by atoms with E-state index < -0.39 is 0 Å². The molecule has 2 atom stereocenters. The van der Waals surface area contributed by atoms with Crippen LogP contribution in [-0.2, 0) is 4.79 Å². The van der Waals surface area contributed by atoms with E-state index in [-0.39, 0.29) is 24.0 Å². The highest BCUT2D eigenvalue weighted by Crippen LogP contribution is 2.35. The summed E-state index contributed by atoms with van der Waals surface area (Å²) in [5.41, 5.74) is 7.79. The van der Waals surface area contributed by atoms with E-state index in [1.54, 1.807) is 16.8 Å². The first kappa shape index (κ1) is 10.6. The van der Waals surface area contributed by atoms with Gasteiger partial charge >= 0.3 is 0 Å². The maximum atomic E-state index is 11.8. The minimum Gasteiger partial charge on any atom is -0.331 e. The van der Waals surface area contributed by atoms with Gasteiger partial charge in [0, 0.05) is 29.6 Å². The lowest BCUT2D eigenvalue weighted by Gasteiger charge is -2.29. The number of hydrogen-bond acceptors (Lipinski definition) is 4. The van der Waals surface area contributed by atoms with Gasteiger partial charge in [-0.1, -0.05) is 0 Å². The number of likely N-dealkylation sites (tertiary alicyclic amines) is 1. The van der Waals surface area contributed by atoms with Crippen LogP contribution >= 0.6 is 11.3 Å². The van der Waals surface area contributed by atoms with Gasteiger partial charge in [0.2, 0.25) is 5.91 Å². The van der Waals surface area contributed by atoms with Crippen LogP contribution in [-0.4, -0.2) is 27.9 Å². The lowest BCUT2D eigenvalue weighted by Crippen LogP contribution is -2.37. The fourth-order valence-electron chi connectivity index (χ4n) is 2.11. The molecule has 1 aromatic heterocycles. The first-order valence-corrected chi connectivity index (χ1v) is 5.94. The highest BCUT2D eigenvalue weighted by molar-refractivity contribution is 7.09. The molecule has 0 aliphatic carbocycles. The van der Waals surface area contributed by atoms with Crippen molar-refractivity contribution in [2.75, 3.05) is 0 Å². The van der Waals surface area contributed by atoms with Crippen molar-refractivity contribution in [3.63, 3.8) is 0 Å². The maximum absolute atomic E-state index is 11.8. The van der Waals surface area contributed by atoms with Gasteiger partial charge < -0.3 is 10.6 Å². The largest absolute Gasteiger partial charge is 0.331 e. The van der Waals surface area contributed by atoms with Gasteiger partial charge in [0.25, 0.3) is 0 Å². The zero-order valence-corrected chi connectivity index (χ0v) is 9.70. The summed E-state index contributed by atoms with van der Waals surface area (Å²) in [7, 11) is 0. The number of rotatable bonds is 2. The Morgan fingerprint density at radius 2 is 2.40 bits per heavy atom. The number of nitrogens with two attached hydrogens (primary N) is 1. The highest BCUT2D eigenvalue weighted by atomic mass is 32.1. The van der Waals surface area contributed by atoms with Crippen LogP contribution in [0.4, 0.5) is 0 Å². The number of carbonyl (C=O) groups is 1. The standard InChI is InChI=1S/C10H15N3OS/c1-6(2)13-9(14)3-7(11)10(13)8-4-12-5-15-8/h4-7,10H,3,11H2,1-2H3/t7-,10-/m0/s1. The first-order valence-electron chi connectivity index (χ1n) is 5.06. The Labute approximate surface area is 93.1 Å². The molecule has 0 saturated carbocycles. The lowest BCUT2D eigenvalue weighted by atomic mass is 10.1. The van der Waals surface area contributed by atoms with Crippen LogP contribution in [0, 0.1) is 0 Å². The quantitative estimate of drug-likeness (QED) is 0.821. The van der Waals surface area contributed by atoms with E-state index in [1.807, 2.05) is 24.9 Å². The SMILES string of the molecule is CC(C)N1C(=O)C[C@H](N)[C@H]1c1cncs1. The van der Waals surface area contributed by atoms with Crippen molar-refractivity contribution < 1.29 is 4.79 Å². The topological polar surface area (TPSA) is 59.2 Å². The average Bonchev–Trinajstić information content (AvgIpc) is 2.71. The van der Waals surface area contributed by atoms with Crippen LogP contribution in [0.5, 0.6) is 0 Å². The Bertz CT molecular complexity index is 350. The molecule has 1 aromatic rings. The molecule has 1 aliphatic heterocycles. The molecule has 82 valence electrons. The van der Waals surface area contributed by atoms with E-state index in [9.17, 15) is 4.79 Å². The zero-order chi connectivity index (χ0) is 11.0. The maximum Gasteiger partial charge on any atom is 0.225 e. The van der Waals surface area contributed by atoms with Gasteiger partial charge in [-0.3, -0.25) is 9.78 Å². The molecule has 2 heterocycles. The van der Waals surface area contributed by atoms with Crippen LogP contribution in [0.3, 0.4) is 0 Å². The average molecular weight is 225 g/mol. The fourth-order valence-corrected chi connectivity index (χ4v) is 2.90. The van der Waals surface area contributed by atoms with Gasteiger partial charge in [-0.25, -0.2) is 0 Å². The number of thiazole rings is 1. The monoisotopic (exact) mass is 225 g/mol. The third-order valence-electron chi connectivity index (χ3n) is 2.70. The second-order valence-electron chi connectivity index (χ2n) is 4.11. The van der Waals surface area contributed by atoms with Crippen molar-refractivity contribution in [2.45, 2.75) is 38.4 Å². The molecule has 0 bridgehead atoms. The van der Waals surface area contributed by atoms with Gasteiger partial charge in [-0.05, 0) is 13.8 Å². The van der Waals surface area contributed by atoms with Crippen LogP contribution in [0.2, 0.25) is 0 Å². The minimum absolute atomic E-state index is 0.0185. The minimum atomic E-state index is -0.0969. The highest BCUT2D eigenvalue weighted by Gasteiger charge is 2.40. The summed E-state index contributed by atoms with van der Waals surface area (Å²) >= 11 is 1.56. The second-order valence-corrected chi connectivity index (χ2v) is 5.03. The third-order valence-corrected chi connectivity index (χ3v) is 3.55. The van der Waals surface area contributed by atoms with E-state index in [4.69, 9.17) is 5.73 Å². The summed E-state index contributed by atoms with van der Waals surface area (Å²) in [4.78, 5) is 18.8. The molecule has 0 aromatic carbocycles. The molecule has 4 nitrogen and oxygen atoms in total. The zero-order valence-electron chi connectivity index (χ0n) is 8.88. The molecule has 2 N–H and O–H groups in total. The Kier molecular flexibility index (Phi) is 2.75. The van der Waals surface area contributed by atoms with Crippen molar-refractivity contribution in [2.24, 2.45) is 5.73 Å². The summed E-state index contributed by atoms with van der Waals surface area (Å²) in [6.07, 6.45) is 2.25. The van der Waals surface area contributed by atoms with E-state index in [1.165, 1.54) is 0 Å². The Morgan fingerprint density at radius 3 is 2.93 bits per heavy atom.